The zero-order valence-corrected chi connectivity index (χ0v) is 15.1. The standard InChI is InChI=1S/C20H21ClN2O2/c1-14-8-9-16(12-17(14)21)22-18(24)20(10-11-20)19(25)23(2)13-15-6-4-3-5-7-15/h3-9,12H,10-11,13H2,1-2H3,(H,22,24). The summed E-state index contributed by atoms with van der Waals surface area (Å²) in [6.45, 7) is 2.39. The summed E-state index contributed by atoms with van der Waals surface area (Å²) in [6.07, 6.45) is 1.16. The maximum absolute atomic E-state index is 12.8. The Labute approximate surface area is 152 Å². The number of halogens is 1. The van der Waals surface area contributed by atoms with Crippen LogP contribution in [0.25, 0.3) is 0 Å². The van der Waals surface area contributed by atoms with Gasteiger partial charge < -0.3 is 10.2 Å². The summed E-state index contributed by atoms with van der Waals surface area (Å²) in [5, 5.41) is 3.43. The zero-order chi connectivity index (χ0) is 18.0. The van der Waals surface area contributed by atoms with Gasteiger partial charge in [-0.15, -0.1) is 0 Å². The molecule has 1 fully saturated rings. The molecule has 2 amide bonds. The van der Waals surface area contributed by atoms with E-state index in [2.05, 4.69) is 5.32 Å². The molecule has 1 N–H and O–H groups in total. The van der Waals surface area contributed by atoms with E-state index in [1.165, 1.54) is 0 Å². The summed E-state index contributed by atoms with van der Waals surface area (Å²) in [5.41, 5.74) is 1.66. The Bertz CT molecular complexity index is 801. The molecule has 0 spiro atoms. The molecule has 1 aliphatic carbocycles. The highest BCUT2D eigenvalue weighted by atomic mass is 35.5. The minimum absolute atomic E-state index is 0.132. The fourth-order valence-corrected chi connectivity index (χ4v) is 3.06. The van der Waals surface area contributed by atoms with Crippen molar-refractivity contribution in [1.29, 1.82) is 0 Å². The molecule has 0 bridgehead atoms. The summed E-state index contributed by atoms with van der Waals surface area (Å²) in [6, 6.07) is 15.1. The Kier molecular flexibility index (Phi) is 4.82. The van der Waals surface area contributed by atoms with Crippen molar-refractivity contribution in [1.82, 2.24) is 4.90 Å². The normalized spacial score (nSPS) is 14.7. The molecule has 0 unspecified atom stereocenters. The maximum atomic E-state index is 12.8. The van der Waals surface area contributed by atoms with Gasteiger partial charge in [0, 0.05) is 24.3 Å². The second-order valence-electron chi connectivity index (χ2n) is 6.65. The SMILES string of the molecule is Cc1ccc(NC(=O)C2(C(=O)N(C)Cc3ccccc3)CC2)cc1Cl. The molecule has 0 radical (unpaired) electrons. The molecule has 1 aliphatic rings. The summed E-state index contributed by atoms with van der Waals surface area (Å²) in [7, 11) is 1.74. The predicted molar refractivity (Wildman–Crippen MR) is 99.4 cm³/mol. The van der Waals surface area contributed by atoms with Gasteiger partial charge in [-0.1, -0.05) is 48.0 Å². The van der Waals surface area contributed by atoms with Crippen LogP contribution in [0.4, 0.5) is 5.69 Å². The first-order valence-electron chi connectivity index (χ1n) is 8.29. The molecule has 1 saturated carbocycles. The molecule has 0 aliphatic heterocycles. The van der Waals surface area contributed by atoms with Crippen LogP contribution in [-0.4, -0.2) is 23.8 Å². The average molecular weight is 357 g/mol. The Balaban J connectivity index is 1.69. The van der Waals surface area contributed by atoms with E-state index in [0.717, 1.165) is 11.1 Å². The number of anilines is 1. The lowest BCUT2D eigenvalue weighted by molar-refractivity contribution is -0.141. The van der Waals surface area contributed by atoms with Crippen molar-refractivity contribution < 1.29 is 9.59 Å². The summed E-state index contributed by atoms with van der Waals surface area (Å²) >= 11 is 6.10. The van der Waals surface area contributed by atoms with Gasteiger partial charge in [-0.2, -0.15) is 0 Å². The van der Waals surface area contributed by atoms with Gasteiger partial charge in [-0.25, -0.2) is 0 Å². The number of hydrogen-bond acceptors (Lipinski definition) is 2. The predicted octanol–water partition coefficient (Wildman–Crippen LogP) is 4.03. The van der Waals surface area contributed by atoms with E-state index in [1.54, 1.807) is 24.1 Å². The van der Waals surface area contributed by atoms with Crippen molar-refractivity contribution in [3.8, 4) is 0 Å². The first-order chi connectivity index (χ1) is 11.9. The van der Waals surface area contributed by atoms with Crippen LogP contribution in [0.2, 0.25) is 5.02 Å². The van der Waals surface area contributed by atoms with E-state index in [1.807, 2.05) is 43.3 Å². The van der Waals surface area contributed by atoms with Gasteiger partial charge in [0.25, 0.3) is 0 Å². The number of aryl methyl sites for hydroxylation is 1. The van der Waals surface area contributed by atoms with Gasteiger partial charge in [0.1, 0.15) is 5.41 Å². The van der Waals surface area contributed by atoms with Crippen molar-refractivity contribution in [2.24, 2.45) is 5.41 Å². The van der Waals surface area contributed by atoms with Gasteiger partial charge in [0.15, 0.2) is 0 Å². The molecule has 2 aromatic carbocycles. The Morgan fingerprint density at radius 2 is 1.84 bits per heavy atom. The van der Waals surface area contributed by atoms with Crippen LogP contribution >= 0.6 is 11.6 Å². The third-order valence-electron chi connectivity index (χ3n) is 4.63. The topological polar surface area (TPSA) is 49.4 Å². The minimum atomic E-state index is -0.944. The molecule has 5 heteroatoms. The number of benzene rings is 2. The van der Waals surface area contributed by atoms with E-state index < -0.39 is 5.41 Å². The van der Waals surface area contributed by atoms with Crippen LogP contribution in [-0.2, 0) is 16.1 Å². The highest BCUT2D eigenvalue weighted by molar-refractivity contribution is 6.31. The van der Waals surface area contributed by atoms with Crippen LogP contribution < -0.4 is 5.32 Å². The van der Waals surface area contributed by atoms with Gasteiger partial charge in [0.2, 0.25) is 11.8 Å². The van der Waals surface area contributed by atoms with Gasteiger partial charge in [-0.05, 0) is 43.0 Å². The first kappa shape index (κ1) is 17.5. The second kappa shape index (κ2) is 6.89. The van der Waals surface area contributed by atoms with Crippen LogP contribution in [0.5, 0.6) is 0 Å². The molecule has 3 rings (SSSR count). The number of carbonyl (C=O) groups excluding carboxylic acids is 2. The average Bonchev–Trinajstić information content (AvgIpc) is 3.40. The van der Waals surface area contributed by atoms with Crippen LogP contribution in [0.15, 0.2) is 48.5 Å². The largest absolute Gasteiger partial charge is 0.340 e. The molecule has 0 heterocycles. The molecular formula is C20H21ClN2O2. The number of nitrogens with zero attached hydrogens (tertiary/aromatic N) is 1. The molecule has 0 saturated heterocycles. The Morgan fingerprint density at radius 1 is 1.16 bits per heavy atom. The summed E-state index contributed by atoms with van der Waals surface area (Å²) < 4.78 is 0. The van der Waals surface area contributed by atoms with Gasteiger partial charge >= 0.3 is 0 Å². The van der Waals surface area contributed by atoms with Crippen molar-refractivity contribution in [2.45, 2.75) is 26.3 Å². The quantitative estimate of drug-likeness (QED) is 0.822. The Hall–Kier alpha value is -2.33. The molecule has 2 aromatic rings. The lowest BCUT2D eigenvalue weighted by Gasteiger charge is -2.23. The number of amides is 2. The Morgan fingerprint density at radius 3 is 2.44 bits per heavy atom. The van der Waals surface area contributed by atoms with E-state index in [-0.39, 0.29) is 11.8 Å². The number of rotatable bonds is 5. The van der Waals surface area contributed by atoms with Gasteiger partial charge in [0.05, 0.1) is 0 Å². The van der Waals surface area contributed by atoms with Gasteiger partial charge in [-0.3, -0.25) is 9.59 Å². The number of hydrogen-bond donors (Lipinski definition) is 1. The van der Waals surface area contributed by atoms with E-state index >= 15 is 0 Å². The molecular weight excluding hydrogens is 336 g/mol. The highest BCUT2D eigenvalue weighted by Gasteiger charge is 2.57. The second-order valence-corrected chi connectivity index (χ2v) is 7.05. The van der Waals surface area contributed by atoms with Crippen LogP contribution in [0.1, 0.15) is 24.0 Å². The number of carbonyl (C=O) groups is 2. The van der Waals surface area contributed by atoms with Crippen LogP contribution in [0.3, 0.4) is 0 Å². The van der Waals surface area contributed by atoms with Crippen molar-refractivity contribution in [2.75, 3.05) is 12.4 Å². The van der Waals surface area contributed by atoms with E-state index in [9.17, 15) is 9.59 Å². The minimum Gasteiger partial charge on any atom is -0.340 e. The lowest BCUT2D eigenvalue weighted by Crippen LogP contribution is -2.40. The molecule has 0 aromatic heterocycles. The molecule has 25 heavy (non-hydrogen) atoms. The number of nitrogens with one attached hydrogen (secondary N) is 1. The van der Waals surface area contributed by atoms with E-state index in [4.69, 9.17) is 11.6 Å². The van der Waals surface area contributed by atoms with Crippen molar-refractivity contribution in [3.63, 3.8) is 0 Å². The highest BCUT2D eigenvalue weighted by Crippen LogP contribution is 2.48. The third kappa shape index (κ3) is 3.69. The van der Waals surface area contributed by atoms with Crippen molar-refractivity contribution >= 4 is 29.1 Å². The van der Waals surface area contributed by atoms with Crippen molar-refractivity contribution in [3.05, 3.63) is 64.7 Å². The molecule has 0 atom stereocenters. The fraction of sp³-hybridized carbons (Fsp3) is 0.300. The molecule has 4 nitrogen and oxygen atoms in total. The lowest BCUT2D eigenvalue weighted by atomic mass is 10.0. The smallest absolute Gasteiger partial charge is 0.240 e. The monoisotopic (exact) mass is 356 g/mol. The summed E-state index contributed by atoms with van der Waals surface area (Å²) in [4.78, 5) is 27.1. The first-order valence-corrected chi connectivity index (χ1v) is 8.67. The maximum Gasteiger partial charge on any atom is 0.240 e. The summed E-state index contributed by atoms with van der Waals surface area (Å²) in [5.74, 6) is -0.385. The third-order valence-corrected chi connectivity index (χ3v) is 5.04. The van der Waals surface area contributed by atoms with Crippen LogP contribution in [0, 0.1) is 12.3 Å². The molecule has 130 valence electrons. The zero-order valence-electron chi connectivity index (χ0n) is 14.4. The van der Waals surface area contributed by atoms with E-state index in [0.29, 0.717) is 30.1 Å². The fourth-order valence-electron chi connectivity index (χ4n) is 2.88.